The molecule has 0 saturated heterocycles. The van der Waals surface area contributed by atoms with Gasteiger partial charge in [0.2, 0.25) is 6.43 Å². The molecular formula is C18H18F2N2O3. The zero-order valence-electron chi connectivity index (χ0n) is 13.6. The van der Waals surface area contributed by atoms with E-state index < -0.39 is 30.8 Å². The molecule has 1 aromatic carbocycles. The van der Waals surface area contributed by atoms with E-state index in [0.29, 0.717) is 16.8 Å². The third kappa shape index (κ3) is 3.92. The Morgan fingerprint density at radius 3 is 2.64 bits per heavy atom. The van der Waals surface area contributed by atoms with E-state index in [1.165, 1.54) is 0 Å². The van der Waals surface area contributed by atoms with E-state index in [1.54, 1.807) is 18.2 Å². The number of halogens is 2. The molecule has 0 spiro atoms. The molecule has 25 heavy (non-hydrogen) atoms. The third-order valence-electron chi connectivity index (χ3n) is 4.24. The molecule has 5 nitrogen and oxygen atoms in total. The summed E-state index contributed by atoms with van der Waals surface area (Å²) in [5.41, 5.74) is 2.61. The van der Waals surface area contributed by atoms with Crippen molar-refractivity contribution in [2.75, 3.05) is 0 Å². The highest BCUT2D eigenvalue weighted by Gasteiger charge is 2.29. The predicted molar refractivity (Wildman–Crippen MR) is 88.0 cm³/mol. The summed E-state index contributed by atoms with van der Waals surface area (Å²) in [7, 11) is 0. The summed E-state index contributed by atoms with van der Waals surface area (Å²) in [5, 5.41) is 11.9. The van der Waals surface area contributed by atoms with Crippen LogP contribution in [-0.4, -0.2) is 34.4 Å². The second-order valence-corrected chi connectivity index (χ2v) is 6.38. The number of rotatable bonds is 6. The van der Waals surface area contributed by atoms with Crippen LogP contribution in [-0.2, 0) is 4.79 Å². The van der Waals surface area contributed by atoms with Gasteiger partial charge in [0, 0.05) is 23.4 Å². The minimum Gasteiger partial charge on any atom is -0.480 e. The number of pyridine rings is 1. The van der Waals surface area contributed by atoms with E-state index in [-0.39, 0.29) is 5.56 Å². The zero-order valence-corrected chi connectivity index (χ0v) is 13.6. The van der Waals surface area contributed by atoms with Gasteiger partial charge in [0.15, 0.2) is 0 Å². The van der Waals surface area contributed by atoms with Crippen molar-refractivity contribution in [2.45, 2.75) is 44.6 Å². The van der Waals surface area contributed by atoms with Crippen molar-refractivity contribution in [1.29, 1.82) is 0 Å². The summed E-state index contributed by atoms with van der Waals surface area (Å²) in [6, 6.07) is 5.49. The Labute approximate surface area is 143 Å². The van der Waals surface area contributed by atoms with Crippen molar-refractivity contribution in [3.05, 3.63) is 41.1 Å². The molecule has 1 aliphatic rings. The lowest BCUT2D eigenvalue weighted by atomic mass is 10.0. The van der Waals surface area contributed by atoms with E-state index in [0.717, 1.165) is 24.1 Å². The van der Waals surface area contributed by atoms with Crippen LogP contribution < -0.4 is 5.32 Å². The summed E-state index contributed by atoms with van der Waals surface area (Å²) in [6.07, 6.45) is -1.76. The molecule has 1 unspecified atom stereocenters. The van der Waals surface area contributed by atoms with E-state index in [4.69, 9.17) is 5.11 Å². The van der Waals surface area contributed by atoms with Crippen LogP contribution in [0, 0.1) is 6.92 Å². The Morgan fingerprint density at radius 1 is 1.32 bits per heavy atom. The number of carboxylic acids is 1. The summed E-state index contributed by atoms with van der Waals surface area (Å²) in [4.78, 5) is 28.3. The Bertz CT molecular complexity index is 834. The first-order chi connectivity index (χ1) is 11.8. The molecule has 1 heterocycles. The number of aliphatic carboxylic acids is 1. The number of carbonyl (C=O) groups excluding carboxylic acids is 1. The van der Waals surface area contributed by atoms with E-state index in [1.807, 2.05) is 13.0 Å². The van der Waals surface area contributed by atoms with Crippen LogP contribution in [0.15, 0.2) is 24.3 Å². The Kier molecular flexibility index (Phi) is 4.65. The number of benzene rings is 1. The minimum absolute atomic E-state index is 0.274. The number of hydrogen-bond donors (Lipinski definition) is 2. The number of aromatic nitrogens is 1. The molecule has 1 saturated carbocycles. The van der Waals surface area contributed by atoms with Gasteiger partial charge in [-0.3, -0.25) is 9.78 Å². The number of carbonyl (C=O) groups is 2. The predicted octanol–water partition coefficient (Wildman–Crippen LogP) is 3.26. The van der Waals surface area contributed by atoms with Crippen molar-refractivity contribution in [3.63, 3.8) is 0 Å². The van der Waals surface area contributed by atoms with Crippen LogP contribution in [0.5, 0.6) is 0 Å². The molecule has 1 aliphatic carbocycles. The fourth-order valence-corrected chi connectivity index (χ4v) is 2.77. The van der Waals surface area contributed by atoms with Crippen molar-refractivity contribution >= 4 is 22.8 Å². The van der Waals surface area contributed by atoms with E-state index >= 15 is 0 Å². The van der Waals surface area contributed by atoms with Crippen molar-refractivity contribution in [1.82, 2.24) is 10.3 Å². The second kappa shape index (κ2) is 6.74. The Morgan fingerprint density at radius 2 is 2.04 bits per heavy atom. The normalized spacial score (nSPS) is 15.4. The number of nitrogens with one attached hydrogen (secondary N) is 1. The zero-order chi connectivity index (χ0) is 18.1. The van der Waals surface area contributed by atoms with E-state index in [2.05, 4.69) is 10.3 Å². The largest absolute Gasteiger partial charge is 0.480 e. The van der Waals surface area contributed by atoms with Crippen LogP contribution in [0.4, 0.5) is 8.78 Å². The molecule has 1 aromatic heterocycles. The Hall–Kier alpha value is -2.57. The summed E-state index contributed by atoms with van der Waals surface area (Å²) in [5.74, 6) is -1.85. The first-order valence-electron chi connectivity index (χ1n) is 8.08. The van der Waals surface area contributed by atoms with Gasteiger partial charge in [-0.05, 0) is 38.0 Å². The number of amides is 1. The third-order valence-corrected chi connectivity index (χ3v) is 4.24. The van der Waals surface area contributed by atoms with Gasteiger partial charge in [-0.25, -0.2) is 13.6 Å². The number of carboxylic acid groups (broad SMARTS) is 1. The van der Waals surface area contributed by atoms with Crippen LogP contribution >= 0.6 is 0 Å². The second-order valence-electron chi connectivity index (χ2n) is 6.38. The lowest BCUT2D eigenvalue weighted by molar-refractivity contribution is -0.140. The molecule has 7 heteroatoms. The lowest BCUT2D eigenvalue weighted by Gasteiger charge is -2.16. The quantitative estimate of drug-likeness (QED) is 0.840. The van der Waals surface area contributed by atoms with Gasteiger partial charge < -0.3 is 10.4 Å². The van der Waals surface area contributed by atoms with E-state index in [9.17, 15) is 18.4 Å². The molecule has 0 bridgehead atoms. The average Bonchev–Trinajstić information content (AvgIpc) is 3.37. The average molecular weight is 348 g/mol. The van der Waals surface area contributed by atoms with Crippen LogP contribution in [0.3, 0.4) is 0 Å². The molecule has 1 atom stereocenters. The fourth-order valence-electron chi connectivity index (χ4n) is 2.77. The van der Waals surface area contributed by atoms with Gasteiger partial charge in [0.05, 0.1) is 11.1 Å². The van der Waals surface area contributed by atoms with Gasteiger partial charge in [-0.1, -0.05) is 11.6 Å². The number of nitrogens with zero attached hydrogens (tertiary/aromatic N) is 1. The molecule has 0 radical (unpaired) electrons. The molecule has 2 N–H and O–H groups in total. The van der Waals surface area contributed by atoms with Gasteiger partial charge in [0.25, 0.3) is 5.91 Å². The summed E-state index contributed by atoms with van der Waals surface area (Å²) in [6.45, 7) is 1.87. The minimum atomic E-state index is -2.82. The van der Waals surface area contributed by atoms with Crippen molar-refractivity contribution in [3.8, 4) is 0 Å². The topological polar surface area (TPSA) is 79.3 Å². The monoisotopic (exact) mass is 348 g/mol. The highest BCUT2D eigenvalue weighted by molar-refractivity contribution is 6.07. The number of fused-ring (bicyclic) bond motifs is 1. The maximum Gasteiger partial charge on any atom is 0.326 e. The molecule has 2 aromatic rings. The van der Waals surface area contributed by atoms with Gasteiger partial charge >= 0.3 is 5.97 Å². The first kappa shape index (κ1) is 17.3. The highest BCUT2D eigenvalue weighted by Crippen LogP contribution is 2.40. The first-order valence-corrected chi connectivity index (χ1v) is 8.08. The molecular weight excluding hydrogens is 330 g/mol. The summed E-state index contributed by atoms with van der Waals surface area (Å²) >= 11 is 0. The SMILES string of the molecule is Cc1ccc2nc(C3CC3)cc(C(=O)NC(CC(F)F)C(=O)O)c2c1. The Balaban J connectivity index is 1.99. The number of alkyl halides is 2. The molecule has 1 amide bonds. The maximum absolute atomic E-state index is 12.6. The fraction of sp³-hybridized carbons (Fsp3) is 0.389. The molecule has 132 valence electrons. The van der Waals surface area contributed by atoms with Crippen LogP contribution in [0.1, 0.15) is 46.8 Å². The standard InChI is InChI=1S/C18H18F2N2O3/c1-9-2-5-13-11(6-9)12(7-14(21-13)10-3-4-10)17(23)22-15(18(24)25)8-16(19)20/h2,5-7,10,15-16H,3-4,8H2,1H3,(H,22,23)(H,24,25). The van der Waals surface area contributed by atoms with Gasteiger partial charge in [0.1, 0.15) is 6.04 Å². The van der Waals surface area contributed by atoms with Crippen molar-refractivity contribution in [2.24, 2.45) is 0 Å². The van der Waals surface area contributed by atoms with Gasteiger partial charge in [-0.2, -0.15) is 0 Å². The van der Waals surface area contributed by atoms with Crippen LogP contribution in [0.25, 0.3) is 10.9 Å². The van der Waals surface area contributed by atoms with Crippen LogP contribution in [0.2, 0.25) is 0 Å². The summed E-state index contributed by atoms with van der Waals surface area (Å²) < 4.78 is 25.1. The molecule has 0 aliphatic heterocycles. The van der Waals surface area contributed by atoms with Crippen molar-refractivity contribution < 1.29 is 23.5 Å². The number of hydrogen-bond acceptors (Lipinski definition) is 3. The lowest BCUT2D eigenvalue weighted by Crippen LogP contribution is -2.42. The maximum atomic E-state index is 12.6. The molecule has 3 rings (SSSR count). The number of aryl methyl sites for hydroxylation is 1. The smallest absolute Gasteiger partial charge is 0.326 e. The highest BCUT2D eigenvalue weighted by atomic mass is 19.3. The van der Waals surface area contributed by atoms with Gasteiger partial charge in [-0.15, -0.1) is 0 Å². The molecule has 1 fully saturated rings.